The highest BCUT2D eigenvalue weighted by Gasteiger charge is 2.30. The van der Waals surface area contributed by atoms with E-state index in [0.717, 1.165) is 30.6 Å². The minimum absolute atomic E-state index is 0.194. The summed E-state index contributed by atoms with van der Waals surface area (Å²) in [5.74, 6) is 0. The molecule has 0 aliphatic heterocycles. The highest BCUT2D eigenvalue weighted by molar-refractivity contribution is 7.80. The monoisotopic (exact) mass is 240 g/mol. The van der Waals surface area contributed by atoms with E-state index in [4.69, 9.17) is 12.2 Å². The molecule has 15 heavy (non-hydrogen) atoms. The Labute approximate surface area is 92.8 Å². The van der Waals surface area contributed by atoms with Crippen LogP contribution in [0.15, 0.2) is 0 Å². The van der Waals surface area contributed by atoms with Crippen LogP contribution in [0, 0.1) is 0 Å². The SMILES string of the molecule is CN(CC(F)(F)F)C(=S)NC1CCCC1. The van der Waals surface area contributed by atoms with Crippen molar-refractivity contribution in [3.05, 3.63) is 0 Å². The Morgan fingerprint density at radius 1 is 1.40 bits per heavy atom. The van der Waals surface area contributed by atoms with Crippen molar-refractivity contribution < 1.29 is 13.2 Å². The molecule has 1 saturated carbocycles. The van der Waals surface area contributed by atoms with Gasteiger partial charge in [-0.15, -0.1) is 0 Å². The lowest BCUT2D eigenvalue weighted by atomic mass is 10.2. The van der Waals surface area contributed by atoms with Gasteiger partial charge < -0.3 is 10.2 Å². The molecule has 2 nitrogen and oxygen atoms in total. The predicted molar refractivity (Wildman–Crippen MR) is 56.7 cm³/mol. The Morgan fingerprint density at radius 3 is 2.40 bits per heavy atom. The zero-order chi connectivity index (χ0) is 11.5. The van der Waals surface area contributed by atoms with Crippen LogP contribution >= 0.6 is 12.2 Å². The van der Waals surface area contributed by atoms with E-state index in [1.165, 1.54) is 7.05 Å². The van der Waals surface area contributed by atoms with Crippen molar-refractivity contribution in [3.8, 4) is 0 Å². The molecule has 1 aliphatic carbocycles. The molecule has 0 aromatic rings. The molecule has 0 aromatic heterocycles. The van der Waals surface area contributed by atoms with E-state index >= 15 is 0 Å². The van der Waals surface area contributed by atoms with Gasteiger partial charge in [0.05, 0.1) is 0 Å². The number of thiocarbonyl (C=S) groups is 1. The van der Waals surface area contributed by atoms with Gasteiger partial charge in [0.2, 0.25) is 0 Å². The first-order valence-corrected chi connectivity index (χ1v) is 5.38. The van der Waals surface area contributed by atoms with Gasteiger partial charge in [0.25, 0.3) is 0 Å². The first kappa shape index (κ1) is 12.5. The maximum atomic E-state index is 12.1. The van der Waals surface area contributed by atoms with Crippen LogP contribution in [0.2, 0.25) is 0 Å². The third kappa shape index (κ3) is 4.68. The van der Waals surface area contributed by atoms with Crippen molar-refractivity contribution in [3.63, 3.8) is 0 Å². The second kappa shape index (κ2) is 5.01. The molecule has 6 heteroatoms. The molecule has 0 atom stereocenters. The molecule has 88 valence electrons. The van der Waals surface area contributed by atoms with Crippen molar-refractivity contribution in [2.24, 2.45) is 0 Å². The second-order valence-electron chi connectivity index (χ2n) is 3.90. The largest absolute Gasteiger partial charge is 0.405 e. The summed E-state index contributed by atoms with van der Waals surface area (Å²) < 4.78 is 36.2. The zero-order valence-electron chi connectivity index (χ0n) is 8.60. The van der Waals surface area contributed by atoms with Gasteiger partial charge in [-0.2, -0.15) is 13.2 Å². The van der Waals surface area contributed by atoms with Crippen LogP contribution in [0.5, 0.6) is 0 Å². The van der Waals surface area contributed by atoms with Crippen molar-refractivity contribution in [1.29, 1.82) is 0 Å². The number of halogens is 3. The summed E-state index contributed by atoms with van der Waals surface area (Å²) in [6.45, 7) is -0.994. The van der Waals surface area contributed by atoms with E-state index in [-0.39, 0.29) is 11.2 Å². The molecule has 0 unspecified atom stereocenters. The summed E-state index contributed by atoms with van der Waals surface area (Å²) in [6.07, 6.45) is 0.0582. The van der Waals surface area contributed by atoms with E-state index in [1.807, 2.05) is 0 Å². The van der Waals surface area contributed by atoms with Crippen LogP contribution in [0.4, 0.5) is 13.2 Å². The van der Waals surface area contributed by atoms with Gasteiger partial charge in [-0.1, -0.05) is 12.8 Å². The highest BCUT2D eigenvalue weighted by Crippen LogP contribution is 2.19. The van der Waals surface area contributed by atoms with Gasteiger partial charge in [-0.05, 0) is 25.1 Å². The fourth-order valence-corrected chi connectivity index (χ4v) is 1.93. The van der Waals surface area contributed by atoms with Gasteiger partial charge in [0, 0.05) is 13.1 Å². The third-order valence-corrected chi connectivity index (χ3v) is 2.88. The van der Waals surface area contributed by atoms with Crippen LogP contribution in [0.3, 0.4) is 0 Å². The van der Waals surface area contributed by atoms with Crippen LogP contribution in [0.25, 0.3) is 0 Å². The maximum Gasteiger partial charge on any atom is 0.405 e. The van der Waals surface area contributed by atoms with Gasteiger partial charge in [-0.25, -0.2) is 0 Å². The van der Waals surface area contributed by atoms with Crippen molar-refractivity contribution in [1.82, 2.24) is 10.2 Å². The Bertz CT molecular complexity index is 224. The van der Waals surface area contributed by atoms with Crippen molar-refractivity contribution >= 4 is 17.3 Å². The summed E-state index contributed by atoms with van der Waals surface area (Å²) >= 11 is 4.90. The molecule has 0 spiro atoms. The standard InChI is InChI=1S/C9H15F3N2S/c1-14(6-9(10,11)12)8(15)13-7-4-2-3-5-7/h7H,2-6H2,1H3,(H,13,15). The van der Waals surface area contributed by atoms with Crippen LogP contribution in [0.1, 0.15) is 25.7 Å². The number of rotatable bonds is 2. The zero-order valence-corrected chi connectivity index (χ0v) is 9.42. The Balaban J connectivity index is 2.32. The molecule has 0 saturated heterocycles. The summed E-state index contributed by atoms with van der Waals surface area (Å²) in [7, 11) is 1.36. The Hall–Kier alpha value is -0.520. The predicted octanol–water partition coefficient (Wildman–Crippen LogP) is 2.30. The molecule has 0 radical (unpaired) electrons. The van der Waals surface area contributed by atoms with Gasteiger partial charge in [-0.3, -0.25) is 0 Å². The summed E-state index contributed by atoms with van der Waals surface area (Å²) in [5.41, 5.74) is 0. The summed E-state index contributed by atoms with van der Waals surface area (Å²) in [6, 6.07) is 0.258. The Kier molecular flexibility index (Phi) is 4.19. The molecule has 0 bridgehead atoms. The smallest absolute Gasteiger partial charge is 0.360 e. The van der Waals surface area contributed by atoms with Crippen LogP contribution < -0.4 is 5.32 Å². The normalized spacial score (nSPS) is 17.9. The average Bonchev–Trinajstić information content (AvgIpc) is 2.53. The number of nitrogens with zero attached hydrogens (tertiary/aromatic N) is 1. The first-order valence-electron chi connectivity index (χ1n) is 4.97. The molecule has 1 rings (SSSR count). The highest BCUT2D eigenvalue weighted by atomic mass is 32.1. The average molecular weight is 240 g/mol. The molecular formula is C9H15F3N2S. The fraction of sp³-hybridized carbons (Fsp3) is 0.889. The number of hydrogen-bond donors (Lipinski definition) is 1. The van der Waals surface area contributed by atoms with Crippen molar-refractivity contribution in [2.75, 3.05) is 13.6 Å². The van der Waals surface area contributed by atoms with Crippen molar-refractivity contribution in [2.45, 2.75) is 37.9 Å². The minimum Gasteiger partial charge on any atom is -0.360 e. The van der Waals surface area contributed by atoms with E-state index < -0.39 is 12.7 Å². The van der Waals surface area contributed by atoms with Crippen LogP contribution in [-0.4, -0.2) is 35.8 Å². The number of hydrogen-bond acceptors (Lipinski definition) is 1. The van der Waals surface area contributed by atoms with Crippen LogP contribution in [-0.2, 0) is 0 Å². The van der Waals surface area contributed by atoms with Gasteiger partial charge >= 0.3 is 6.18 Å². The molecule has 1 fully saturated rings. The first-order chi connectivity index (χ1) is 6.88. The fourth-order valence-electron chi connectivity index (χ4n) is 1.70. The second-order valence-corrected chi connectivity index (χ2v) is 4.29. The quantitative estimate of drug-likeness (QED) is 0.746. The lowest BCUT2D eigenvalue weighted by molar-refractivity contribution is -0.135. The number of nitrogens with one attached hydrogen (secondary N) is 1. The maximum absolute atomic E-state index is 12.1. The summed E-state index contributed by atoms with van der Waals surface area (Å²) in [5, 5.41) is 3.15. The topological polar surface area (TPSA) is 15.3 Å². The third-order valence-electron chi connectivity index (χ3n) is 2.45. The molecule has 1 N–H and O–H groups in total. The molecular weight excluding hydrogens is 225 g/mol. The summed E-state index contributed by atoms with van der Waals surface area (Å²) in [4.78, 5) is 1.04. The van der Waals surface area contributed by atoms with E-state index in [1.54, 1.807) is 0 Å². The number of alkyl halides is 3. The van der Waals surface area contributed by atoms with Gasteiger partial charge in [0.15, 0.2) is 5.11 Å². The molecule has 1 aliphatic rings. The van der Waals surface area contributed by atoms with E-state index in [9.17, 15) is 13.2 Å². The lowest BCUT2D eigenvalue weighted by Crippen LogP contribution is -2.45. The molecule has 0 aromatic carbocycles. The Morgan fingerprint density at radius 2 is 1.93 bits per heavy atom. The minimum atomic E-state index is -4.20. The van der Waals surface area contributed by atoms with Gasteiger partial charge in [0.1, 0.15) is 6.54 Å². The lowest BCUT2D eigenvalue weighted by Gasteiger charge is -2.24. The molecule has 0 heterocycles. The molecule has 0 amide bonds. The van der Waals surface area contributed by atoms with E-state index in [2.05, 4.69) is 5.32 Å². The van der Waals surface area contributed by atoms with E-state index in [0.29, 0.717) is 0 Å².